The molecule has 0 aromatic rings. The molecule has 1 saturated heterocycles. The first kappa shape index (κ1) is 9.00. The highest BCUT2D eigenvalue weighted by Crippen LogP contribution is 2.32. The van der Waals surface area contributed by atoms with Crippen molar-refractivity contribution in [1.29, 1.82) is 0 Å². The number of amides is 1. The van der Waals surface area contributed by atoms with Crippen molar-refractivity contribution in [2.24, 2.45) is 17.6 Å². The number of likely N-dealkylation sites (tertiary alicyclic amines) is 1. The normalized spacial score (nSPS) is 34.8. The van der Waals surface area contributed by atoms with Crippen molar-refractivity contribution in [2.75, 3.05) is 13.1 Å². The summed E-state index contributed by atoms with van der Waals surface area (Å²) in [6.07, 6.45) is 3.26. The molecule has 2 fully saturated rings. The molecule has 1 aliphatic heterocycles. The van der Waals surface area contributed by atoms with E-state index in [0.29, 0.717) is 17.7 Å². The molecule has 2 unspecified atom stereocenters. The maximum absolute atomic E-state index is 11.7. The fourth-order valence-electron chi connectivity index (χ4n) is 2.17. The van der Waals surface area contributed by atoms with Crippen LogP contribution in [-0.4, -0.2) is 29.9 Å². The van der Waals surface area contributed by atoms with E-state index in [0.717, 1.165) is 32.4 Å². The van der Waals surface area contributed by atoms with Gasteiger partial charge < -0.3 is 10.6 Å². The van der Waals surface area contributed by atoms with Gasteiger partial charge in [0.1, 0.15) is 0 Å². The monoisotopic (exact) mass is 182 g/mol. The van der Waals surface area contributed by atoms with Gasteiger partial charge in [-0.2, -0.15) is 0 Å². The van der Waals surface area contributed by atoms with E-state index in [-0.39, 0.29) is 6.04 Å². The van der Waals surface area contributed by atoms with E-state index in [1.54, 1.807) is 0 Å². The third-order valence-corrected chi connectivity index (χ3v) is 2.93. The zero-order valence-electron chi connectivity index (χ0n) is 8.20. The van der Waals surface area contributed by atoms with Gasteiger partial charge >= 0.3 is 0 Å². The van der Waals surface area contributed by atoms with Gasteiger partial charge in [-0.3, -0.25) is 4.79 Å². The summed E-state index contributed by atoms with van der Waals surface area (Å²) < 4.78 is 0. The largest absolute Gasteiger partial charge is 0.341 e. The van der Waals surface area contributed by atoms with Crippen LogP contribution in [0.4, 0.5) is 0 Å². The number of hydrogen-bond donors (Lipinski definition) is 1. The van der Waals surface area contributed by atoms with E-state index < -0.39 is 0 Å². The van der Waals surface area contributed by atoms with E-state index in [9.17, 15) is 4.79 Å². The second-order valence-corrected chi connectivity index (χ2v) is 4.62. The lowest BCUT2D eigenvalue weighted by atomic mass is 9.96. The topological polar surface area (TPSA) is 46.3 Å². The van der Waals surface area contributed by atoms with Gasteiger partial charge in [0.05, 0.1) is 0 Å². The Morgan fingerprint density at radius 1 is 1.38 bits per heavy atom. The lowest BCUT2D eigenvalue weighted by Crippen LogP contribution is -2.49. The highest BCUT2D eigenvalue weighted by atomic mass is 16.2. The molecule has 13 heavy (non-hydrogen) atoms. The number of nitrogens with two attached hydrogens (primary N) is 1. The minimum Gasteiger partial charge on any atom is -0.341 e. The summed E-state index contributed by atoms with van der Waals surface area (Å²) in [7, 11) is 0. The van der Waals surface area contributed by atoms with Gasteiger partial charge in [-0.05, 0) is 25.2 Å². The maximum Gasteiger partial charge on any atom is 0.225 e. The Labute approximate surface area is 79.3 Å². The second-order valence-electron chi connectivity index (χ2n) is 4.62. The van der Waals surface area contributed by atoms with E-state index in [2.05, 4.69) is 6.92 Å². The van der Waals surface area contributed by atoms with Gasteiger partial charge in [-0.25, -0.2) is 0 Å². The van der Waals surface area contributed by atoms with Crippen molar-refractivity contribution >= 4 is 5.91 Å². The minimum atomic E-state index is 0.200. The van der Waals surface area contributed by atoms with Gasteiger partial charge in [0, 0.05) is 25.0 Å². The molecule has 2 aliphatic rings. The van der Waals surface area contributed by atoms with Crippen molar-refractivity contribution in [3.8, 4) is 0 Å². The summed E-state index contributed by atoms with van der Waals surface area (Å²) in [4.78, 5) is 13.7. The van der Waals surface area contributed by atoms with Crippen LogP contribution in [0.15, 0.2) is 0 Å². The number of piperidine rings is 1. The van der Waals surface area contributed by atoms with Crippen LogP contribution >= 0.6 is 0 Å². The Bertz CT molecular complexity index is 203. The van der Waals surface area contributed by atoms with Gasteiger partial charge in [-0.1, -0.05) is 6.92 Å². The van der Waals surface area contributed by atoms with Crippen LogP contribution in [0.1, 0.15) is 26.2 Å². The molecule has 0 aromatic carbocycles. The lowest BCUT2D eigenvalue weighted by Gasteiger charge is -2.34. The molecule has 1 saturated carbocycles. The fraction of sp³-hybridized carbons (Fsp3) is 0.900. The van der Waals surface area contributed by atoms with Crippen LogP contribution in [0.25, 0.3) is 0 Å². The van der Waals surface area contributed by atoms with E-state index in [4.69, 9.17) is 5.73 Å². The molecule has 3 heteroatoms. The Hall–Kier alpha value is -0.570. The maximum atomic E-state index is 11.7. The molecule has 2 atom stereocenters. The van der Waals surface area contributed by atoms with Gasteiger partial charge in [-0.15, -0.1) is 0 Å². The van der Waals surface area contributed by atoms with Crippen molar-refractivity contribution in [2.45, 2.75) is 32.2 Å². The fourth-order valence-corrected chi connectivity index (χ4v) is 2.17. The molecule has 1 amide bonds. The van der Waals surface area contributed by atoms with Gasteiger partial charge in [0.2, 0.25) is 5.91 Å². The molecule has 0 spiro atoms. The summed E-state index contributed by atoms with van der Waals surface area (Å²) in [6, 6.07) is 0.200. The number of rotatable bonds is 1. The summed E-state index contributed by atoms with van der Waals surface area (Å²) in [5.74, 6) is 1.27. The van der Waals surface area contributed by atoms with E-state index in [1.165, 1.54) is 0 Å². The van der Waals surface area contributed by atoms with Crippen molar-refractivity contribution in [3.63, 3.8) is 0 Å². The SMILES string of the molecule is CC1CC(N)CN(C(=O)C2CC2)C1. The molecule has 2 rings (SSSR count). The molecule has 2 N–H and O–H groups in total. The smallest absolute Gasteiger partial charge is 0.225 e. The summed E-state index contributed by atoms with van der Waals surface area (Å²) in [5.41, 5.74) is 5.88. The van der Waals surface area contributed by atoms with Crippen molar-refractivity contribution < 1.29 is 4.79 Å². The lowest BCUT2D eigenvalue weighted by molar-refractivity contribution is -0.134. The first-order chi connectivity index (χ1) is 6.16. The molecular formula is C10H18N2O. The molecule has 1 heterocycles. The number of carbonyl (C=O) groups is 1. The van der Waals surface area contributed by atoms with Crippen molar-refractivity contribution in [3.05, 3.63) is 0 Å². The zero-order valence-corrected chi connectivity index (χ0v) is 8.20. The predicted octanol–water partition coefficient (Wildman–Crippen LogP) is 0.592. The number of carbonyl (C=O) groups excluding carboxylic acids is 1. The van der Waals surface area contributed by atoms with Crippen LogP contribution in [0.3, 0.4) is 0 Å². The Balaban J connectivity index is 1.93. The third kappa shape index (κ3) is 2.02. The number of nitrogens with zero attached hydrogens (tertiary/aromatic N) is 1. The molecule has 0 aromatic heterocycles. The molecule has 0 radical (unpaired) electrons. The van der Waals surface area contributed by atoms with Crippen LogP contribution < -0.4 is 5.73 Å². The first-order valence-electron chi connectivity index (χ1n) is 5.21. The van der Waals surface area contributed by atoms with E-state index >= 15 is 0 Å². The van der Waals surface area contributed by atoms with Crippen LogP contribution in [-0.2, 0) is 4.79 Å². The molecule has 1 aliphatic carbocycles. The summed E-state index contributed by atoms with van der Waals surface area (Å²) in [6.45, 7) is 3.87. The molecule has 3 nitrogen and oxygen atoms in total. The Morgan fingerprint density at radius 3 is 2.62 bits per heavy atom. The molecule has 74 valence electrons. The zero-order chi connectivity index (χ0) is 9.42. The highest BCUT2D eigenvalue weighted by molar-refractivity contribution is 5.81. The first-order valence-corrected chi connectivity index (χ1v) is 5.21. The van der Waals surface area contributed by atoms with Crippen LogP contribution in [0.2, 0.25) is 0 Å². The standard InChI is InChI=1S/C10H18N2O/c1-7-4-9(11)6-12(5-7)10(13)8-2-3-8/h7-9H,2-6,11H2,1H3. The van der Waals surface area contributed by atoms with Gasteiger partial charge in [0.25, 0.3) is 0 Å². The predicted molar refractivity (Wildman–Crippen MR) is 51.1 cm³/mol. The van der Waals surface area contributed by atoms with Crippen molar-refractivity contribution in [1.82, 2.24) is 4.90 Å². The van der Waals surface area contributed by atoms with Crippen LogP contribution in [0, 0.1) is 11.8 Å². The minimum absolute atomic E-state index is 0.200. The number of hydrogen-bond acceptors (Lipinski definition) is 2. The summed E-state index contributed by atoms with van der Waals surface area (Å²) in [5, 5.41) is 0. The van der Waals surface area contributed by atoms with Crippen LogP contribution in [0.5, 0.6) is 0 Å². The Kier molecular flexibility index (Phi) is 2.28. The molecular weight excluding hydrogens is 164 g/mol. The average molecular weight is 182 g/mol. The molecule has 0 bridgehead atoms. The highest BCUT2D eigenvalue weighted by Gasteiger charge is 2.35. The average Bonchev–Trinajstić information content (AvgIpc) is 2.83. The summed E-state index contributed by atoms with van der Waals surface area (Å²) >= 11 is 0. The second kappa shape index (κ2) is 3.29. The third-order valence-electron chi connectivity index (χ3n) is 2.93. The Morgan fingerprint density at radius 2 is 2.08 bits per heavy atom. The van der Waals surface area contributed by atoms with E-state index in [1.807, 2.05) is 4.90 Å². The quantitative estimate of drug-likeness (QED) is 0.645. The van der Waals surface area contributed by atoms with Gasteiger partial charge in [0.15, 0.2) is 0 Å².